The highest BCUT2D eigenvalue weighted by atomic mass is 16.5. The van der Waals surface area contributed by atoms with Crippen molar-refractivity contribution in [3.63, 3.8) is 0 Å². The van der Waals surface area contributed by atoms with Gasteiger partial charge in [0, 0.05) is 29.2 Å². The summed E-state index contributed by atoms with van der Waals surface area (Å²) in [5.74, 6) is 0.592. The van der Waals surface area contributed by atoms with Crippen LogP contribution in [0.1, 0.15) is 22.8 Å². The van der Waals surface area contributed by atoms with Crippen LogP contribution in [-0.4, -0.2) is 21.9 Å². The molecule has 0 fully saturated rings. The van der Waals surface area contributed by atoms with Gasteiger partial charge in [-0.25, -0.2) is 4.98 Å². The van der Waals surface area contributed by atoms with E-state index in [4.69, 9.17) is 9.72 Å². The first-order valence-electron chi connectivity index (χ1n) is 9.23. The number of hydrogen-bond donors (Lipinski definition) is 1. The zero-order valence-electron chi connectivity index (χ0n) is 15.8. The molecule has 5 nitrogen and oxygen atoms in total. The maximum atomic E-state index is 12.5. The molecule has 5 heteroatoms. The maximum absolute atomic E-state index is 12.5. The van der Waals surface area contributed by atoms with E-state index in [-0.39, 0.29) is 5.91 Å². The summed E-state index contributed by atoms with van der Waals surface area (Å²) < 4.78 is 7.43. The molecule has 1 amide bonds. The lowest BCUT2D eigenvalue weighted by molar-refractivity contribution is 0.102. The number of carbonyl (C=O) groups excluding carboxylic acids is 1. The number of pyridine rings is 1. The van der Waals surface area contributed by atoms with E-state index >= 15 is 0 Å². The molecule has 2 heterocycles. The van der Waals surface area contributed by atoms with Crippen molar-refractivity contribution in [3.8, 4) is 17.0 Å². The van der Waals surface area contributed by atoms with Crippen molar-refractivity contribution in [1.29, 1.82) is 0 Å². The molecule has 0 aliphatic rings. The summed E-state index contributed by atoms with van der Waals surface area (Å²) in [5, 5.41) is 2.95. The van der Waals surface area contributed by atoms with E-state index in [0.29, 0.717) is 12.2 Å². The van der Waals surface area contributed by atoms with E-state index in [0.717, 1.165) is 33.9 Å². The van der Waals surface area contributed by atoms with Gasteiger partial charge in [-0.3, -0.25) is 4.79 Å². The van der Waals surface area contributed by atoms with Gasteiger partial charge in [0.25, 0.3) is 5.91 Å². The smallest absolute Gasteiger partial charge is 0.255 e. The molecule has 0 aliphatic carbocycles. The lowest BCUT2D eigenvalue weighted by Crippen LogP contribution is -2.11. The average molecular weight is 371 g/mol. The summed E-state index contributed by atoms with van der Waals surface area (Å²) in [6, 6.07) is 18.9. The average Bonchev–Trinajstić information content (AvgIpc) is 3.15. The van der Waals surface area contributed by atoms with Gasteiger partial charge in [-0.1, -0.05) is 18.2 Å². The molecule has 28 heavy (non-hydrogen) atoms. The van der Waals surface area contributed by atoms with Gasteiger partial charge in [0.05, 0.1) is 12.3 Å². The van der Waals surface area contributed by atoms with Crippen LogP contribution < -0.4 is 10.1 Å². The van der Waals surface area contributed by atoms with Crippen LogP contribution in [0.15, 0.2) is 73.1 Å². The second-order valence-electron chi connectivity index (χ2n) is 6.54. The topological polar surface area (TPSA) is 55.6 Å². The third-order valence-corrected chi connectivity index (χ3v) is 4.52. The Bertz CT molecular complexity index is 1130. The predicted molar refractivity (Wildman–Crippen MR) is 111 cm³/mol. The van der Waals surface area contributed by atoms with Crippen molar-refractivity contribution in [2.24, 2.45) is 0 Å². The number of fused-ring (bicyclic) bond motifs is 1. The van der Waals surface area contributed by atoms with Gasteiger partial charge in [0.15, 0.2) is 0 Å². The number of nitrogens with one attached hydrogen (secondary N) is 1. The number of benzene rings is 2. The minimum atomic E-state index is -0.161. The van der Waals surface area contributed by atoms with Crippen LogP contribution in [0.3, 0.4) is 0 Å². The highest BCUT2D eigenvalue weighted by Gasteiger charge is 2.09. The zero-order valence-corrected chi connectivity index (χ0v) is 15.8. The Morgan fingerprint density at radius 3 is 2.68 bits per heavy atom. The SMILES string of the molecule is CCOc1ccc(C(=O)Nc2cccc(-c3cn4cccc(C)c4n3)c2)cc1. The van der Waals surface area contributed by atoms with Crippen LogP contribution in [0, 0.1) is 6.92 Å². The molecule has 0 saturated carbocycles. The van der Waals surface area contributed by atoms with E-state index in [2.05, 4.69) is 5.32 Å². The molecule has 0 radical (unpaired) electrons. The van der Waals surface area contributed by atoms with Crippen LogP contribution in [-0.2, 0) is 0 Å². The Labute approximate surface area is 163 Å². The highest BCUT2D eigenvalue weighted by molar-refractivity contribution is 6.04. The number of carbonyl (C=O) groups is 1. The van der Waals surface area contributed by atoms with Crippen LogP contribution in [0.2, 0.25) is 0 Å². The minimum absolute atomic E-state index is 0.161. The van der Waals surface area contributed by atoms with Crippen molar-refractivity contribution in [2.45, 2.75) is 13.8 Å². The molecular formula is C23H21N3O2. The fourth-order valence-corrected chi connectivity index (χ4v) is 3.12. The molecule has 4 aromatic rings. The van der Waals surface area contributed by atoms with Crippen LogP contribution in [0.5, 0.6) is 5.75 Å². The Kier molecular flexibility index (Phi) is 4.81. The number of anilines is 1. The molecule has 2 aromatic heterocycles. The summed E-state index contributed by atoms with van der Waals surface area (Å²) in [5.41, 5.74) is 5.18. The Morgan fingerprint density at radius 1 is 1.11 bits per heavy atom. The van der Waals surface area contributed by atoms with Gasteiger partial charge in [0.1, 0.15) is 11.4 Å². The number of rotatable bonds is 5. The number of nitrogens with zero attached hydrogens (tertiary/aromatic N) is 2. The predicted octanol–water partition coefficient (Wildman–Crippen LogP) is 4.96. The zero-order chi connectivity index (χ0) is 19.5. The summed E-state index contributed by atoms with van der Waals surface area (Å²) in [6.45, 7) is 4.57. The van der Waals surface area contributed by atoms with Crippen LogP contribution in [0.4, 0.5) is 5.69 Å². The molecule has 0 atom stereocenters. The second kappa shape index (κ2) is 7.56. The monoisotopic (exact) mass is 371 g/mol. The lowest BCUT2D eigenvalue weighted by Gasteiger charge is -2.08. The maximum Gasteiger partial charge on any atom is 0.255 e. The van der Waals surface area contributed by atoms with Crippen molar-refractivity contribution >= 4 is 17.2 Å². The molecule has 1 N–H and O–H groups in total. The van der Waals surface area contributed by atoms with Crippen LogP contribution >= 0.6 is 0 Å². The molecule has 4 rings (SSSR count). The largest absolute Gasteiger partial charge is 0.494 e. The van der Waals surface area contributed by atoms with E-state index in [1.54, 1.807) is 24.3 Å². The van der Waals surface area contributed by atoms with Gasteiger partial charge in [-0.2, -0.15) is 0 Å². The first kappa shape index (κ1) is 17.8. The summed E-state index contributed by atoms with van der Waals surface area (Å²) >= 11 is 0. The minimum Gasteiger partial charge on any atom is -0.494 e. The number of aryl methyl sites for hydroxylation is 1. The van der Waals surface area contributed by atoms with Crippen molar-refractivity contribution < 1.29 is 9.53 Å². The third-order valence-electron chi connectivity index (χ3n) is 4.52. The molecule has 0 bridgehead atoms. The number of aromatic nitrogens is 2. The van der Waals surface area contributed by atoms with E-state index < -0.39 is 0 Å². The number of hydrogen-bond acceptors (Lipinski definition) is 3. The summed E-state index contributed by atoms with van der Waals surface area (Å²) in [4.78, 5) is 17.3. The van der Waals surface area contributed by atoms with Gasteiger partial charge in [0.2, 0.25) is 0 Å². The summed E-state index contributed by atoms with van der Waals surface area (Å²) in [6.07, 6.45) is 3.98. The first-order valence-corrected chi connectivity index (χ1v) is 9.23. The number of ether oxygens (including phenoxy) is 1. The quantitative estimate of drug-likeness (QED) is 0.539. The molecule has 0 spiro atoms. The molecule has 140 valence electrons. The van der Waals surface area contributed by atoms with Gasteiger partial charge < -0.3 is 14.5 Å². The van der Waals surface area contributed by atoms with E-state index in [1.807, 2.05) is 67.0 Å². The van der Waals surface area contributed by atoms with Gasteiger partial charge >= 0.3 is 0 Å². The highest BCUT2D eigenvalue weighted by Crippen LogP contribution is 2.24. The Hall–Kier alpha value is -3.60. The Morgan fingerprint density at radius 2 is 1.93 bits per heavy atom. The molecular weight excluding hydrogens is 350 g/mol. The van der Waals surface area contributed by atoms with Crippen molar-refractivity contribution in [2.75, 3.05) is 11.9 Å². The molecule has 2 aromatic carbocycles. The fourth-order valence-electron chi connectivity index (χ4n) is 3.12. The van der Waals surface area contributed by atoms with Gasteiger partial charge in [-0.15, -0.1) is 0 Å². The van der Waals surface area contributed by atoms with Gasteiger partial charge in [-0.05, 0) is 61.9 Å². The molecule has 0 saturated heterocycles. The van der Waals surface area contributed by atoms with Crippen LogP contribution in [0.25, 0.3) is 16.9 Å². The number of imidazole rings is 1. The first-order chi connectivity index (χ1) is 13.6. The normalized spacial score (nSPS) is 10.8. The standard InChI is InChI=1S/C23H21N3O2/c1-3-28-20-11-9-17(10-12-20)23(27)24-19-8-4-7-18(14-19)21-15-26-13-5-6-16(2)22(26)25-21/h4-15H,3H2,1-2H3,(H,24,27). The molecule has 0 aliphatic heterocycles. The lowest BCUT2D eigenvalue weighted by atomic mass is 10.1. The second-order valence-corrected chi connectivity index (χ2v) is 6.54. The third kappa shape index (κ3) is 3.60. The fraction of sp³-hybridized carbons (Fsp3) is 0.130. The summed E-state index contributed by atoms with van der Waals surface area (Å²) in [7, 11) is 0. The molecule has 0 unspecified atom stereocenters. The van der Waals surface area contributed by atoms with Crippen molar-refractivity contribution in [1.82, 2.24) is 9.38 Å². The van der Waals surface area contributed by atoms with Crippen molar-refractivity contribution in [3.05, 3.63) is 84.2 Å². The number of amides is 1. The van der Waals surface area contributed by atoms with E-state index in [9.17, 15) is 4.79 Å². The Balaban J connectivity index is 1.56. The van der Waals surface area contributed by atoms with E-state index in [1.165, 1.54) is 0 Å².